The molecule has 1 amide bonds. The lowest BCUT2D eigenvalue weighted by atomic mass is 9.89. The molecule has 4 aliphatic heterocycles. The number of hydroxylamine groups is 2. The molecule has 9 nitrogen and oxygen atoms in total. The topological polar surface area (TPSA) is 101 Å². The molecule has 3 aromatic carbocycles. The van der Waals surface area contributed by atoms with Crippen molar-refractivity contribution in [2.75, 3.05) is 18.1 Å². The largest absolute Gasteiger partial charge is 0.465 e. The van der Waals surface area contributed by atoms with E-state index in [2.05, 4.69) is 5.16 Å². The summed E-state index contributed by atoms with van der Waals surface area (Å²) in [7, 11) is 0. The highest BCUT2D eigenvalue weighted by Gasteiger charge is 2.57. The normalized spacial score (nSPS) is 24.2. The van der Waals surface area contributed by atoms with E-state index in [0.717, 1.165) is 33.7 Å². The number of hydrogen-bond acceptors (Lipinski definition) is 8. The molecule has 1 N–H and O–H groups in total. The highest BCUT2D eigenvalue weighted by atomic mass is 16.7. The van der Waals surface area contributed by atoms with Gasteiger partial charge in [-0.2, -0.15) is 0 Å². The average molecular weight is 580 g/mol. The van der Waals surface area contributed by atoms with E-state index in [1.807, 2.05) is 79.7 Å². The predicted molar refractivity (Wildman–Crippen MR) is 161 cm³/mol. The van der Waals surface area contributed by atoms with Crippen molar-refractivity contribution in [3.8, 4) is 0 Å². The summed E-state index contributed by atoms with van der Waals surface area (Å²) in [6.45, 7) is 4.24. The number of carbonyl (C=O) groups excluding carboxylic acids is 2. The van der Waals surface area contributed by atoms with Gasteiger partial charge < -0.3 is 24.4 Å². The van der Waals surface area contributed by atoms with Crippen LogP contribution in [-0.4, -0.2) is 58.6 Å². The maximum absolute atomic E-state index is 14.4. The summed E-state index contributed by atoms with van der Waals surface area (Å²) in [5.41, 5.74) is 5.42. The third-order valence-electron chi connectivity index (χ3n) is 8.88. The lowest BCUT2D eigenvalue weighted by Crippen LogP contribution is -2.49. The quantitative estimate of drug-likeness (QED) is 0.413. The van der Waals surface area contributed by atoms with Crippen molar-refractivity contribution in [2.24, 2.45) is 5.16 Å². The number of carbonyl (C=O) groups is 2. The van der Waals surface area contributed by atoms with Crippen LogP contribution in [0.3, 0.4) is 0 Å². The van der Waals surface area contributed by atoms with Crippen LogP contribution in [0.15, 0.2) is 78.0 Å². The SMILES string of the molecule is CCOC(=O)C1(C)CCC2C3=C(ON21)c1ccccc1C(=O)N(CC1CC(c2ccc(CO)cc2)=NO1)c1ccccc13. The van der Waals surface area contributed by atoms with Gasteiger partial charge in [0.25, 0.3) is 5.91 Å². The van der Waals surface area contributed by atoms with Crippen LogP contribution in [-0.2, 0) is 25.8 Å². The summed E-state index contributed by atoms with van der Waals surface area (Å²) >= 11 is 0. The number of fused-ring (bicyclic) bond motifs is 6. The first-order chi connectivity index (χ1) is 20.9. The van der Waals surface area contributed by atoms with E-state index in [1.54, 1.807) is 16.9 Å². The number of benzene rings is 3. The van der Waals surface area contributed by atoms with Gasteiger partial charge in [0.2, 0.25) is 0 Å². The van der Waals surface area contributed by atoms with Crippen LogP contribution in [0.25, 0.3) is 11.3 Å². The van der Waals surface area contributed by atoms with Crippen LogP contribution in [0.4, 0.5) is 5.69 Å². The summed E-state index contributed by atoms with van der Waals surface area (Å²) in [5.74, 6) is 0.125. The molecule has 0 saturated carbocycles. The van der Waals surface area contributed by atoms with E-state index in [4.69, 9.17) is 14.4 Å². The van der Waals surface area contributed by atoms with E-state index in [9.17, 15) is 14.7 Å². The minimum absolute atomic E-state index is 0.0201. The minimum Gasteiger partial charge on any atom is -0.465 e. The van der Waals surface area contributed by atoms with E-state index >= 15 is 0 Å². The van der Waals surface area contributed by atoms with Crippen LogP contribution in [0.2, 0.25) is 0 Å². The fourth-order valence-corrected chi connectivity index (χ4v) is 6.63. The van der Waals surface area contributed by atoms with Gasteiger partial charge in [-0.25, -0.2) is 4.79 Å². The van der Waals surface area contributed by atoms with Crippen LogP contribution >= 0.6 is 0 Å². The number of para-hydroxylation sites is 1. The van der Waals surface area contributed by atoms with Crippen molar-refractivity contribution in [3.63, 3.8) is 0 Å². The molecule has 0 spiro atoms. The zero-order valence-corrected chi connectivity index (χ0v) is 24.2. The molecular weight excluding hydrogens is 546 g/mol. The molecule has 0 aliphatic carbocycles. The second kappa shape index (κ2) is 10.7. The van der Waals surface area contributed by atoms with Crippen molar-refractivity contribution in [1.29, 1.82) is 0 Å². The highest BCUT2D eigenvalue weighted by Crippen LogP contribution is 2.52. The number of aliphatic hydroxyl groups is 1. The van der Waals surface area contributed by atoms with Crippen LogP contribution in [0.1, 0.15) is 65.7 Å². The molecule has 1 saturated heterocycles. The molecule has 4 aliphatic rings. The standard InChI is InChI=1S/C34H33N3O6/c1-3-41-33(40)34(2)17-16-29-30-26-10-6-7-11-28(26)36(32(39)25-9-5-4-8-24(25)31(30)43-37(29)34)19-23-18-27(35-42-23)22-14-12-21(20-38)13-15-22/h4-15,23,29,38H,3,16-20H2,1-2H3. The maximum Gasteiger partial charge on any atom is 0.329 e. The summed E-state index contributed by atoms with van der Waals surface area (Å²) in [6.07, 6.45) is 1.49. The third kappa shape index (κ3) is 4.42. The summed E-state index contributed by atoms with van der Waals surface area (Å²) in [4.78, 5) is 41.7. The summed E-state index contributed by atoms with van der Waals surface area (Å²) in [6, 6.07) is 22.7. The number of amides is 1. The van der Waals surface area contributed by atoms with Crippen LogP contribution in [0, 0.1) is 0 Å². The molecule has 3 atom stereocenters. The molecule has 220 valence electrons. The number of anilines is 1. The molecule has 0 aromatic heterocycles. The molecule has 1 fully saturated rings. The third-order valence-corrected chi connectivity index (χ3v) is 8.88. The van der Waals surface area contributed by atoms with Crippen molar-refractivity contribution >= 4 is 34.6 Å². The Hall–Kier alpha value is -4.47. The Morgan fingerprint density at radius 1 is 1.05 bits per heavy atom. The number of aliphatic hydroxyl groups excluding tert-OH is 1. The minimum atomic E-state index is -0.948. The first-order valence-corrected chi connectivity index (χ1v) is 14.7. The Balaban J connectivity index is 1.26. The second-order valence-electron chi connectivity index (χ2n) is 11.5. The van der Waals surface area contributed by atoms with Crippen molar-refractivity contribution in [2.45, 2.75) is 57.4 Å². The Morgan fingerprint density at radius 2 is 1.77 bits per heavy atom. The van der Waals surface area contributed by atoms with Crippen LogP contribution in [0.5, 0.6) is 0 Å². The molecule has 3 aromatic rings. The number of hydrogen-bond donors (Lipinski definition) is 1. The van der Waals surface area contributed by atoms with E-state index in [0.29, 0.717) is 42.7 Å². The molecule has 9 heteroatoms. The lowest BCUT2D eigenvalue weighted by Gasteiger charge is -2.31. The van der Waals surface area contributed by atoms with Crippen LogP contribution < -0.4 is 4.90 Å². The Kier molecular flexibility index (Phi) is 6.79. The van der Waals surface area contributed by atoms with Gasteiger partial charge >= 0.3 is 5.97 Å². The monoisotopic (exact) mass is 579 g/mol. The van der Waals surface area contributed by atoms with E-state index < -0.39 is 5.54 Å². The number of oxime groups is 1. The number of ether oxygens (including phenoxy) is 1. The fourth-order valence-electron chi connectivity index (χ4n) is 6.63. The van der Waals surface area contributed by atoms with Crippen molar-refractivity contribution in [1.82, 2.24) is 5.06 Å². The van der Waals surface area contributed by atoms with Gasteiger partial charge in [0.15, 0.2) is 17.4 Å². The number of rotatable bonds is 6. The van der Waals surface area contributed by atoms with E-state index in [-0.39, 0.29) is 37.2 Å². The maximum atomic E-state index is 14.4. The first-order valence-electron chi connectivity index (χ1n) is 14.7. The van der Waals surface area contributed by atoms with Gasteiger partial charge in [0.1, 0.15) is 0 Å². The van der Waals surface area contributed by atoms with Gasteiger partial charge in [-0.3, -0.25) is 4.79 Å². The molecule has 0 bridgehead atoms. The van der Waals surface area contributed by atoms with Gasteiger partial charge in [-0.15, -0.1) is 5.06 Å². The van der Waals surface area contributed by atoms with Gasteiger partial charge in [-0.05, 0) is 49.9 Å². The molecule has 7 rings (SSSR count). The smallest absolute Gasteiger partial charge is 0.329 e. The highest BCUT2D eigenvalue weighted by molar-refractivity contribution is 6.14. The van der Waals surface area contributed by atoms with Crippen molar-refractivity contribution < 1.29 is 29.1 Å². The molecule has 43 heavy (non-hydrogen) atoms. The van der Waals surface area contributed by atoms with Gasteiger partial charge in [-0.1, -0.05) is 65.8 Å². The number of nitrogens with zero attached hydrogens (tertiary/aromatic N) is 3. The second-order valence-corrected chi connectivity index (χ2v) is 11.5. The predicted octanol–water partition coefficient (Wildman–Crippen LogP) is 4.93. The van der Waals surface area contributed by atoms with E-state index in [1.165, 1.54) is 0 Å². The Morgan fingerprint density at radius 3 is 2.51 bits per heavy atom. The summed E-state index contributed by atoms with van der Waals surface area (Å²) in [5, 5.41) is 15.5. The van der Waals surface area contributed by atoms with Gasteiger partial charge in [0, 0.05) is 23.1 Å². The Labute approximate surface area is 249 Å². The number of esters is 1. The molecule has 0 radical (unpaired) electrons. The molecule has 4 heterocycles. The average Bonchev–Trinajstić information content (AvgIpc) is 3.75. The fraction of sp³-hybridized carbons (Fsp3) is 0.324. The van der Waals surface area contributed by atoms with Crippen molar-refractivity contribution in [3.05, 3.63) is 101 Å². The zero-order chi connectivity index (χ0) is 29.7. The summed E-state index contributed by atoms with van der Waals surface area (Å²) < 4.78 is 5.46. The Bertz CT molecular complexity index is 1660. The lowest BCUT2D eigenvalue weighted by molar-refractivity contribution is -0.184. The zero-order valence-electron chi connectivity index (χ0n) is 24.2. The van der Waals surface area contributed by atoms with Gasteiger partial charge in [0.05, 0.1) is 42.8 Å². The molecule has 3 unspecified atom stereocenters. The first kappa shape index (κ1) is 27.4. The molecular formula is C34H33N3O6.